The van der Waals surface area contributed by atoms with Crippen molar-refractivity contribution in [3.8, 4) is 6.07 Å². The third-order valence-electron chi connectivity index (χ3n) is 2.06. The number of aromatic nitrogens is 2. The molecule has 0 aliphatic rings. The molecule has 0 saturated heterocycles. The van der Waals surface area contributed by atoms with Crippen molar-refractivity contribution in [1.82, 2.24) is 9.97 Å². The molecule has 13 heavy (non-hydrogen) atoms. The summed E-state index contributed by atoms with van der Waals surface area (Å²) in [4.78, 5) is 7.59. The van der Waals surface area contributed by atoms with Gasteiger partial charge in [-0.2, -0.15) is 5.26 Å². The highest BCUT2D eigenvalue weighted by molar-refractivity contribution is 5.22. The summed E-state index contributed by atoms with van der Waals surface area (Å²) in [5, 5.41) is 8.75. The van der Waals surface area contributed by atoms with Crippen molar-refractivity contribution in [3.63, 3.8) is 0 Å². The zero-order chi connectivity index (χ0) is 9.84. The third kappa shape index (κ3) is 2.09. The SMILES string of the molecule is CCCc1nc(C(C)C#N)c(C)[nH]1. The molecule has 0 amide bonds. The third-order valence-corrected chi connectivity index (χ3v) is 2.06. The van der Waals surface area contributed by atoms with Gasteiger partial charge < -0.3 is 4.98 Å². The van der Waals surface area contributed by atoms with Crippen LogP contribution in [0, 0.1) is 18.3 Å². The molecule has 0 bridgehead atoms. The smallest absolute Gasteiger partial charge is 0.106 e. The first kappa shape index (κ1) is 9.79. The molecule has 1 aromatic rings. The highest BCUT2D eigenvalue weighted by atomic mass is 14.9. The van der Waals surface area contributed by atoms with Crippen LogP contribution in [0.5, 0.6) is 0 Å². The molecule has 1 N–H and O–H groups in total. The summed E-state index contributed by atoms with van der Waals surface area (Å²) in [5.41, 5.74) is 1.92. The van der Waals surface area contributed by atoms with Crippen LogP contribution in [0.2, 0.25) is 0 Å². The minimum absolute atomic E-state index is 0.109. The Labute approximate surface area is 78.8 Å². The van der Waals surface area contributed by atoms with E-state index in [1.165, 1.54) is 0 Å². The predicted octanol–water partition coefficient (Wildman–Crippen LogP) is 2.30. The van der Waals surface area contributed by atoms with Gasteiger partial charge in [0.1, 0.15) is 5.82 Å². The molecule has 0 saturated carbocycles. The number of nitriles is 1. The topological polar surface area (TPSA) is 52.5 Å². The number of nitrogens with one attached hydrogen (secondary N) is 1. The summed E-state index contributed by atoms with van der Waals surface area (Å²) in [5.74, 6) is 0.888. The molecule has 0 radical (unpaired) electrons. The Morgan fingerprint density at radius 1 is 1.62 bits per heavy atom. The second-order valence-electron chi connectivity index (χ2n) is 3.29. The minimum atomic E-state index is -0.109. The average molecular weight is 177 g/mol. The fourth-order valence-corrected chi connectivity index (χ4v) is 1.38. The molecular formula is C10H15N3. The van der Waals surface area contributed by atoms with Crippen molar-refractivity contribution >= 4 is 0 Å². The van der Waals surface area contributed by atoms with Crippen molar-refractivity contribution in [2.45, 2.75) is 39.5 Å². The van der Waals surface area contributed by atoms with Gasteiger partial charge in [-0.3, -0.25) is 0 Å². The first-order valence-corrected chi connectivity index (χ1v) is 4.64. The van der Waals surface area contributed by atoms with Crippen LogP contribution in [-0.2, 0) is 6.42 Å². The largest absolute Gasteiger partial charge is 0.346 e. The van der Waals surface area contributed by atoms with Gasteiger partial charge in [-0.05, 0) is 20.3 Å². The Bertz CT molecular complexity index is 319. The number of rotatable bonds is 3. The van der Waals surface area contributed by atoms with Gasteiger partial charge in [0.2, 0.25) is 0 Å². The molecule has 70 valence electrons. The first-order chi connectivity index (χ1) is 6.19. The van der Waals surface area contributed by atoms with Gasteiger partial charge in [0.05, 0.1) is 17.7 Å². The maximum Gasteiger partial charge on any atom is 0.106 e. The van der Waals surface area contributed by atoms with E-state index in [2.05, 4.69) is 23.0 Å². The zero-order valence-electron chi connectivity index (χ0n) is 8.39. The Kier molecular flexibility index (Phi) is 3.07. The quantitative estimate of drug-likeness (QED) is 0.770. The van der Waals surface area contributed by atoms with Crippen molar-refractivity contribution in [3.05, 3.63) is 17.2 Å². The molecule has 0 spiro atoms. The molecular weight excluding hydrogens is 162 g/mol. The molecule has 1 unspecified atom stereocenters. The number of nitrogens with zero attached hydrogens (tertiary/aromatic N) is 2. The number of imidazole rings is 1. The summed E-state index contributed by atoms with van der Waals surface area (Å²) in [6.07, 6.45) is 2.03. The van der Waals surface area contributed by atoms with Crippen LogP contribution < -0.4 is 0 Å². The van der Waals surface area contributed by atoms with Gasteiger partial charge in [-0.25, -0.2) is 4.98 Å². The molecule has 3 heteroatoms. The Hall–Kier alpha value is -1.30. The molecule has 1 aromatic heterocycles. The summed E-state index contributed by atoms with van der Waals surface area (Å²) in [6, 6.07) is 2.19. The molecule has 0 fully saturated rings. The Morgan fingerprint density at radius 3 is 2.85 bits per heavy atom. The maximum absolute atomic E-state index is 8.75. The monoisotopic (exact) mass is 177 g/mol. The van der Waals surface area contributed by atoms with E-state index in [-0.39, 0.29) is 5.92 Å². The highest BCUT2D eigenvalue weighted by Crippen LogP contribution is 2.16. The van der Waals surface area contributed by atoms with Gasteiger partial charge >= 0.3 is 0 Å². The lowest BCUT2D eigenvalue weighted by Crippen LogP contribution is -1.92. The molecule has 0 aromatic carbocycles. The van der Waals surface area contributed by atoms with Gasteiger partial charge in [0, 0.05) is 12.1 Å². The van der Waals surface area contributed by atoms with E-state index < -0.39 is 0 Å². The Morgan fingerprint density at radius 2 is 2.31 bits per heavy atom. The normalized spacial score (nSPS) is 12.5. The van der Waals surface area contributed by atoms with E-state index in [1.54, 1.807) is 0 Å². The standard InChI is InChI=1S/C10H15N3/c1-4-5-9-12-8(3)10(13-9)7(2)6-11/h7H,4-5H2,1-3H3,(H,12,13). The highest BCUT2D eigenvalue weighted by Gasteiger charge is 2.12. The summed E-state index contributed by atoms with van der Waals surface area (Å²) in [6.45, 7) is 5.96. The van der Waals surface area contributed by atoms with Crippen molar-refractivity contribution in [2.75, 3.05) is 0 Å². The lowest BCUT2D eigenvalue weighted by Gasteiger charge is -1.96. The Balaban J connectivity index is 2.91. The van der Waals surface area contributed by atoms with Crippen molar-refractivity contribution in [1.29, 1.82) is 5.26 Å². The molecule has 0 aliphatic heterocycles. The molecule has 1 rings (SSSR count). The van der Waals surface area contributed by atoms with Gasteiger partial charge in [-0.15, -0.1) is 0 Å². The van der Waals surface area contributed by atoms with E-state index >= 15 is 0 Å². The predicted molar refractivity (Wildman–Crippen MR) is 51.3 cm³/mol. The molecule has 1 atom stereocenters. The van der Waals surface area contributed by atoms with Gasteiger partial charge in [0.25, 0.3) is 0 Å². The van der Waals surface area contributed by atoms with Crippen LogP contribution in [0.1, 0.15) is 43.4 Å². The van der Waals surface area contributed by atoms with E-state index in [9.17, 15) is 0 Å². The average Bonchev–Trinajstić information content (AvgIpc) is 2.46. The first-order valence-electron chi connectivity index (χ1n) is 4.64. The summed E-state index contributed by atoms with van der Waals surface area (Å²) in [7, 11) is 0. The number of H-pyrrole nitrogens is 1. The van der Waals surface area contributed by atoms with Crippen LogP contribution in [0.15, 0.2) is 0 Å². The van der Waals surface area contributed by atoms with Crippen LogP contribution in [-0.4, -0.2) is 9.97 Å². The van der Waals surface area contributed by atoms with Crippen LogP contribution in [0.3, 0.4) is 0 Å². The number of hydrogen-bond donors (Lipinski definition) is 1. The van der Waals surface area contributed by atoms with Gasteiger partial charge in [-0.1, -0.05) is 6.92 Å². The lowest BCUT2D eigenvalue weighted by atomic mass is 10.1. The van der Waals surface area contributed by atoms with E-state index in [0.717, 1.165) is 30.1 Å². The number of aryl methyl sites for hydroxylation is 2. The lowest BCUT2D eigenvalue weighted by molar-refractivity contribution is 0.841. The minimum Gasteiger partial charge on any atom is -0.346 e. The van der Waals surface area contributed by atoms with E-state index in [1.807, 2.05) is 13.8 Å². The zero-order valence-corrected chi connectivity index (χ0v) is 8.39. The summed E-state index contributed by atoms with van der Waals surface area (Å²) < 4.78 is 0. The number of aromatic amines is 1. The van der Waals surface area contributed by atoms with Crippen molar-refractivity contribution in [2.24, 2.45) is 0 Å². The van der Waals surface area contributed by atoms with E-state index in [4.69, 9.17) is 5.26 Å². The molecule has 1 heterocycles. The van der Waals surface area contributed by atoms with Crippen LogP contribution in [0.25, 0.3) is 0 Å². The van der Waals surface area contributed by atoms with E-state index in [0.29, 0.717) is 0 Å². The van der Waals surface area contributed by atoms with Gasteiger partial charge in [0.15, 0.2) is 0 Å². The second-order valence-corrected chi connectivity index (χ2v) is 3.29. The van der Waals surface area contributed by atoms with Crippen LogP contribution >= 0.6 is 0 Å². The summed E-state index contributed by atoms with van der Waals surface area (Å²) >= 11 is 0. The molecule has 3 nitrogen and oxygen atoms in total. The number of hydrogen-bond acceptors (Lipinski definition) is 2. The fraction of sp³-hybridized carbons (Fsp3) is 0.600. The van der Waals surface area contributed by atoms with Crippen molar-refractivity contribution < 1.29 is 0 Å². The maximum atomic E-state index is 8.75. The second kappa shape index (κ2) is 4.08. The molecule has 0 aliphatic carbocycles. The fourth-order valence-electron chi connectivity index (χ4n) is 1.38. The van der Waals surface area contributed by atoms with Crippen LogP contribution in [0.4, 0.5) is 0 Å².